The van der Waals surface area contributed by atoms with Gasteiger partial charge in [-0.05, 0) is 37.1 Å². The van der Waals surface area contributed by atoms with E-state index in [0.717, 1.165) is 16.2 Å². The van der Waals surface area contributed by atoms with Crippen molar-refractivity contribution in [3.05, 3.63) is 53.3 Å². The summed E-state index contributed by atoms with van der Waals surface area (Å²) in [5, 5.41) is 0.857. The Hall–Kier alpha value is -2.67. The number of likely N-dealkylation sites (N-methyl/N-ethyl adjacent to an activating group) is 1. The zero-order valence-corrected chi connectivity index (χ0v) is 17.8. The molecule has 0 radical (unpaired) electrons. The van der Waals surface area contributed by atoms with Crippen molar-refractivity contribution in [1.82, 2.24) is 9.88 Å². The normalized spacial score (nSPS) is 14.5. The van der Waals surface area contributed by atoms with Crippen LogP contribution in [-0.2, 0) is 4.79 Å². The number of aryl methyl sites for hydroxylation is 2. The molecule has 152 valence electrons. The van der Waals surface area contributed by atoms with Crippen LogP contribution in [0.1, 0.15) is 11.1 Å². The Labute approximate surface area is 174 Å². The number of thiazole rings is 1. The van der Waals surface area contributed by atoms with E-state index in [0.29, 0.717) is 31.9 Å². The number of rotatable bonds is 4. The van der Waals surface area contributed by atoms with Gasteiger partial charge in [0.05, 0.1) is 22.4 Å². The highest BCUT2D eigenvalue weighted by Crippen LogP contribution is 2.32. The van der Waals surface area contributed by atoms with Crippen LogP contribution in [0, 0.1) is 19.7 Å². The van der Waals surface area contributed by atoms with Crippen LogP contribution in [0.2, 0.25) is 0 Å². The number of nitrogens with zero attached hydrogens (tertiary/aromatic N) is 4. The number of halogens is 1. The number of piperazine rings is 1. The number of fused-ring (bicyclic) bond motifs is 1. The Balaban J connectivity index is 1.39. The van der Waals surface area contributed by atoms with E-state index in [4.69, 9.17) is 4.98 Å². The van der Waals surface area contributed by atoms with Gasteiger partial charge in [0.1, 0.15) is 5.82 Å². The van der Waals surface area contributed by atoms with Gasteiger partial charge in [0, 0.05) is 33.2 Å². The molecule has 29 heavy (non-hydrogen) atoms. The van der Waals surface area contributed by atoms with E-state index in [1.807, 2.05) is 27.8 Å². The topological polar surface area (TPSA) is 39.7 Å². The van der Waals surface area contributed by atoms with Crippen molar-refractivity contribution in [2.75, 3.05) is 49.6 Å². The molecule has 0 bridgehead atoms. The molecule has 1 aliphatic rings. The minimum Gasteiger partial charge on any atom is -0.366 e. The Morgan fingerprint density at radius 3 is 2.48 bits per heavy atom. The fraction of sp³-hybridized carbons (Fsp3) is 0.364. The average molecular weight is 413 g/mol. The van der Waals surface area contributed by atoms with E-state index in [1.54, 1.807) is 23.5 Å². The quantitative estimate of drug-likeness (QED) is 0.653. The highest BCUT2D eigenvalue weighted by atomic mass is 32.1. The van der Waals surface area contributed by atoms with Crippen LogP contribution in [0.3, 0.4) is 0 Å². The smallest absolute Gasteiger partial charge is 0.242 e. The number of carbonyl (C=O) groups is 1. The number of aromatic nitrogens is 1. The summed E-state index contributed by atoms with van der Waals surface area (Å²) in [5.41, 5.74) is 3.98. The first-order chi connectivity index (χ1) is 13.9. The average Bonchev–Trinajstić information content (AvgIpc) is 3.18. The number of amides is 1. The van der Waals surface area contributed by atoms with Crippen molar-refractivity contribution in [2.45, 2.75) is 13.8 Å². The summed E-state index contributed by atoms with van der Waals surface area (Å²) in [6, 6.07) is 11.0. The molecule has 1 fully saturated rings. The molecule has 1 amide bonds. The highest BCUT2D eigenvalue weighted by Gasteiger charge is 2.24. The first-order valence-corrected chi connectivity index (χ1v) is 10.6. The van der Waals surface area contributed by atoms with Crippen molar-refractivity contribution in [1.29, 1.82) is 0 Å². The van der Waals surface area contributed by atoms with E-state index in [2.05, 4.69) is 26.0 Å². The lowest BCUT2D eigenvalue weighted by Crippen LogP contribution is -2.51. The summed E-state index contributed by atoms with van der Waals surface area (Å²) in [6.45, 7) is 6.90. The van der Waals surface area contributed by atoms with Crippen LogP contribution in [0.4, 0.5) is 15.2 Å². The van der Waals surface area contributed by atoms with E-state index in [9.17, 15) is 9.18 Å². The number of anilines is 2. The monoisotopic (exact) mass is 412 g/mol. The summed E-state index contributed by atoms with van der Waals surface area (Å²) < 4.78 is 15.2. The molecule has 2 heterocycles. The molecule has 5 nitrogen and oxygen atoms in total. The van der Waals surface area contributed by atoms with Gasteiger partial charge >= 0.3 is 0 Å². The first-order valence-electron chi connectivity index (χ1n) is 9.79. The molecule has 0 unspecified atom stereocenters. The zero-order valence-electron chi connectivity index (χ0n) is 17.0. The standard InChI is InChI=1S/C22H25FN4OS/c1-15-8-9-16(2)21-20(15)24-22(29-21)25(3)14-19(28)27-12-10-26(11-13-27)18-7-5-4-6-17(18)23/h4-9H,10-14H2,1-3H3. The van der Waals surface area contributed by atoms with Gasteiger partial charge in [-0.2, -0.15) is 0 Å². The Morgan fingerprint density at radius 1 is 1.10 bits per heavy atom. The second-order valence-electron chi connectivity index (χ2n) is 7.55. The summed E-state index contributed by atoms with van der Waals surface area (Å²) in [4.78, 5) is 23.4. The van der Waals surface area contributed by atoms with Gasteiger partial charge in [-0.1, -0.05) is 35.6 Å². The second kappa shape index (κ2) is 7.99. The Morgan fingerprint density at radius 2 is 1.79 bits per heavy atom. The Kier molecular flexibility index (Phi) is 5.41. The third kappa shape index (κ3) is 3.92. The minimum absolute atomic E-state index is 0.0772. The van der Waals surface area contributed by atoms with E-state index >= 15 is 0 Å². The maximum Gasteiger partial charge on any atom is 0.242 e. The molecule has 1 aliphatic heterocycles. The van der Waals surface area contributed by atoms with Gasteiger partial charge in [-0.25, -0.2) is 9.37 Å². The molecule has 7 heteroatoms. The summed E-state index contributed by atoms with van der Waals surface area (Å²) in [7, 11) is 1.91. The fourth-order valence-electron chi connectivity index (χ4n) is 3.69. The molecule has 0 N–H and O–H groups in total. The van der Waals surface area contributed by atoms with Crippen molar-refractivity contribution >= 4 is 38.3 Å². The third-order valence-corrected chi connectivity index (χ3v) is 6.76. The largest absolute Gasteiger partial charge is 0.366 e. The molecule has 0 spiro atoms. The van der Waals surface area contributed by atoms with Crippen molar-refractivity contribution in [2.24, 2.45) is 0 Å². The van der Waals surface area contributed by atoms with Crippen LogP contribution in [0.5, 0.6) is 0 Å². The molecule has 1 aromatic heterocycles. The first kappa shape index (κ1) is 19.6. The molecule has 2 aromatic carbocycles. The van der Waals surface area contributed by atoms with Crippen LogP contribution in [0.15, 0.2) is 36.4 Å². The van der Waals surface area contributed by atoms with Crippen molar-refractivity contribution in [3.63, 3.8) is 0 Å². The molecule has 4 rings (SSSR count). The predicted octanol–water partition coefficient (Wildman–Crippen LogP) is 3.84. The summed E-state index contributed by atoms with van der Waals surface area (Å²) >= 11 is 1.63. The summed E-state index contributed by atoms with van der Waals surface area (Å²) in [5.74, 6) is -0.137. The van der Waals surface area contributed by atoms with Crippen LogP contribution in [-0.4, -0.2) is 55.6 Å². The predicted molar refractivity (Wildman–Crippen MR) is 118 cm³/mol. The van der Waals surface area contributed by atoms with Gasteiger partial charge in [-0.15, -0.1) is 0 Å². The maximum atomic E-state index is 14.0. The molecule has 3 aromatic rings. The Bertz CT molecular complexity index is 1000. The highest BCUT2D eigenvalue weighted by molar-refractivity contribution is 7.22. The second-order valence-corrected chi connectivity index (χ2v) is 8.53. The fourth-order valence-corrected chi connectivity index (χ4v) is 4.76. The number of carbonyl (C=O) groups excluding carboxylic acids is 1. The number of hydrogen-bond acceptors (Lipinski definition) is 5. The molecule has 0 aliphatic carbocycles. The third-order valence-electron chi connectivity index (χ3n) is 5.46. The lowest BCUT2D eigenvalue weighted by Gasteiger charge is -2.36. The van der Waals surface area contributed by atoms with Gasteiger partial charge in [0.15, 0.2) is 5.13 Å². The van der Waals surface area contributed by atoms with Crippen LogP contribution >= 0.6 is 11.3 Å². The number of para-hydroxylation sites is 1. The van der Waals surface area contributed by atoms with Crippen molar-refractivity contribution < 1.29 is 9.18 Å². The van der Waals surface area contributed by atoms with Gasteiger partial charge in [0.25, 0.3) is 0 Å². The van der Waals surface area contributed by atoms with Crippen LogP contribution < -0.4 is 9.80 Å². The van der Waals surface area contributed by atoms with Crippen LogP contribution in [0.25, 0.3) is 10.2 Å². The van der Waals surface area contributed by atoms with Gasteiger partial charge < -0.3 is 14.7 Å². The SMILES string of the molecule is Cc1ccc(C)c2sc(N(C)CC(=O)N3CCN(c4ccccc4F)CC3)nc12. The van der Waals surface area contributed by atoms with E-state index in [-0.39, 0.29) is 18.3 Å². The molecule has 0 atom stereocenters. The number of hydrogen-bond donors (Lipinski definition) is 0. The van der Waals surface area contributed by atoms with Crippen molar-refractivity contribution in [3.8, 4) is 0 Å². The van der Waals surface area contributed by atoms with E-state index in [1.165, 1.54) is 16.3 Å². The lowest BCUT2D eigenvalue weighted by molar-refractivity contribution is -0.129. The summed E-state index contributed by atoms with van der Waals surface area (Å²) in [6.07, 6.45) is 0. The zero-order chi connectivity index (χ0) is 20.5. The maximum absolute atomic E-state index is 14.0. The van der Waals surface area contributed by atoms with Gasteiger partial charge in [-0.3, -0.25) is 4.79 Å². The number of benzene rings is 2. The minimum atomic E-state index is -0.214. The molecular weight excluding hydrogens is 387 g/mol. The van der Waals surface area contributed by atoms with E-state index < -0.39 is 0 Å². The molecule has 1 saturated heterocycles. The van der Waals surface area contributed by atoms with Gasteiger partial charge in [0.2, 0.25) is 5.91 Å². The molecular formula is C22H25FN4OS. The lowest BCUT2D eigenvalue weighted by atomic mass is 10.1. The molecule has 0 saturated carbocycles.